The molecule has 1 saturated heterocycles. The van der Waals surface area contributed by atoms with Gasteiger partial charge in [-0.3, -0.25) is 4.79 Å². The molecule has 1 atom stereocenters. The van der Waals surface area contributed by atoms with Crippen molar-refractivity contribution in [2.24, 2.45) is 5.92 Å². The molecule has 2 aliphatic rings. The van der Waals surface area contributed by atoms with Gasteiger partial charge in [0, 0.05) is 36.5 Å². The number of fused-ring (bicyclic) bond motifs is 1. The van der Waals surface area contributed by atoms with E-state index in [1.165, 1.54) is 0 Å². The third kappa shape index (κ3) is 3.78. The predicted octanol–water partition coefficient (Wildman–Crippen LogP) is 3.73. The highest BCUT2D eigenvalue weighted by Crippen LogP contribution is 2.34. The molecule has 5 rings (SSSR count). The molecule has 1 aromatic heterocycles. The van der Waals surface area contributed by atoms with Crippen molar-refractivity contribution in [2.45, 2.75) is 12.8 Å². The van der Waals surface area contributed by atoms with Crippen molar-refractivity contribution in [2.75, 3.05) is 30.1 Å². The van der Waals surface area contributed by atoms with Crippen LogP contribution in [0.2, 0.25) is 0 Å². The van der Waals surface area contributed by atoms with Crippen LogP contribution in [0.25, 0.3) is 11.3 Å². The van der Waals surface area contributed by atoms with E-state index in [-0.39, 0.29) is 18.6 Å². The molecule has 1 amide bonds. The number of nitrogens with zero attached hydrogens (tertiary/aromatic N) is 3. The number of rotatable bonds is 4. The molecule has 1 N–H and O–H groups in total. The van der Waals surface area contributed by atoms with E-state index in [9.17, 15) is 4.79 Å². The summed E-state index contributed by atoms with van der Waals surface area (Å²) in [4.78, 5) is 23.9. The minimum absolute atomic E-state index is 0.0101. The maximum Gasteiger partial charge on any atom is 0.231 e. The fourth-order valence-corrected chi connectivity index (χ4v) is 3.90. The summed E-state index contributed by atoms with van der Waals surface area (Å²) in [5.41, 5.74) is 2.65. The summed E-state index contributed by atoms with van der Waals surface area (Å²) in [5.74, 6) is 2.11. The fourth-order valence-electron chi connectivity index (χ4n) is 3.90. The van der Waals surface area contributed by atoms with Crippen LogP contribution in [0.3, 0.4) is 0 Å². The molecular weight excluding hydrogens is 380 g/mol. The molecule has 7 heteroatoms. The number of nitrogens with one attached hydrogen (secondary N) is 1. The number of aromatic nitrogens is 2. The van der Waals surface area contributed by atoms with Gasteiger partial charge in [0.1, 0.15) is 12.1 Å². The highest BCUT2D eigenvalue weighted by molar-refractivity contribution is 5.93. The first-order chi connectivity index (χ1) is 14.8. The number of hydrogen-bond acceptors (Lipinski definition) is 6. The van der Waals surface area contributed by atoms with E-state index in [4.69, 9.17) is 9.47 Å². The van der Waals surface area contributed by atoms with Crippen LogP contribution in [-0.2, 0) is 4.79 Å². The van der Waals surface area contributed by atoms with Crippen molar-refractivity contribution < 1.29 is 14.3 Å². The van der Waals surface area contributed by atoms with E-state index in [1.807, 2.05) is 48.5 Å². The minimum Gasteiger partial charge on any atom is -0.454 e. The topological polar surface area (TPSA) is 76.6 Å². The first kappa shape index (κ1) is 18.4. The van der Waals surface area contributed by atoms with Crippen molar-refractivity contribution in [3.05, 3.63) is 60.9 Å². The number of carbonyl (C=O) groups excluding carboxylic acids is 1. The van der Waals surface area contributed by atoms with Gasteiger partial charge in [0.15, 0.2) is 11.5 Å². The van der Waals surface area contributed by atoms with Crippen molar-refractivity contribution in [1.29, 1.82) is 0 Å². The molecule has 0 saturated carbocycles. The Morgan fingerprint density at radius 2 is 1.90 bits per heavy atom. The second-order valence-corrected chi connectivity index (χ2v) is 7.47. The lowest BCUT2D eigenvalue weighted by atomic mass is 9.97. The average molecular weight is 402 g/mol. The minimum atomic E-state index is -0.112. The summed E-state index contributed by atoms with van der Waals surface area (Å²) >= 11 is 0. The highest BCUT2D eigenvalue weighted by Gasteiger charge is 2.27. The number of piperidine rings is 1. The van der Waals surface area contributed by atoms with Crippen LogP contribution in [0.5, 0.6) is 11.5 Å². The summed E-state index contributed by atoms with van der Waals surface area (Å²) in [6, 6.07) is 17.5. The van der Waals surface area contributed by atoms with Crippen molar-refractivity contribution in [3.8, 4) is 22.8 Å². The molecule has 3 heterocycles. The summed E-state index contributed by atoms with van der Waals surface area (Å²) in [6.45, 7) is 1.72. The highest BCUT2D eigenvalue weighted by atomic mass is 16.7. The lowest BCUT2D eigenvalue weighted by Gasteiger charge is -2.33. The quantitative estimate of drug-likeness (QED) is 0.717. The summed E-state index contributed by atoms with van der Waals surface area (Å²) < 4.78 is 10.7. The van der Waals surface area contributed by atoms with E-state index in [1.54, 1.807) is 12.4 Å². The Labute approximate surface area is 174 Å². The molecule has 0 aliphatic carbocycles. The molecule has 0 spiro atoms. The van der Waals surface area contributed by atoms with E-state index >= 15 is 0 Å². The second kappa shape index (κ2) is 8.02. The Hall–Kier alpha value is -3.61. The molecule has 3 aromatic rings. The van der Waals surface area contributed by atoms with E-state index in [0.29, 0.717) is 18.0 Å². The van der Waals surface area contributed by atoms with Crippen LogP contribution in [0.15, 0.2) is 60.9 Å². The Kier molecular flexibility index (Phi) is 4.93. The van der Waals surface area contributed by atoms with Gasteiger partial charge >= 0.3 is 0 Å². The number of amides is 1. The van der Waals surface area contributed by atoms with E-state index in [2.05, 4.69) is 20.2 Å². The molecule has 2 aliphatic heterocycles. The third-order valence-corrected chi connectivity index (χ3v) is 5.48. The molecule has 152 valence electrons. The number of hydrogen-bond donors (Lipinski definition) is 1. The predicted molar refractivity (Wildman–Crippen MR) is 114 cm³/mol. The molecule has 1 unspecified atom stereocenters. The summed E-state index contributed by atoms with van der Waals surface area (Å²) in [5, 5.41) is 3.02. The average Bonchev–Trinajstić information content (AvgIpc) is 3.28. The summed E-state index contributed by atoms with van der Waals surface area (Å²) in [7, 11) is 0. The standard InChI is InChI=1S/C23H22N4O3/c28-23(26-18-8-9-20-21(11-18)30-15-29-20)17-7-4-10-27(13-17)22-12-19(24-14-25-22)16-5-2-1-3-6-16/h1-3,5-6,8-9,11-12,14,17H,4,7,10,13,15H2,(H,26,28). The normalized spacial score (nSPS) is 17.6. The van der Waals surface area contributed by atoms with Crippen LogP contribution in [0, 0.1) is 5.92 Å². The zero-order valence-electron chi connectivity index (χ0n) is 16.5. The van der Waals surface area contributed by atoms with Crippen LogP contribution in [0.4, 0.5) is 11.5 Å². The van der Waals surface area contributed by atoms with Crippen molar-refractivity contribution in [3.63, 3.8) is 0 Å². The van der Waals surface area contributed by atoms with Gasteiger partial charge in [-0.2, -0.15) is 0 Å². The first-order valence-electron chi connectivity index (χ1n) is 10.1. The van der Waals surface area contributed by atoms with Gasteiger partial charge in [-0.15, -0.1) is 0 Å². The number of carbonyl (C=O) groups is 1. The van der Waals surface area contributed by atoms with Gasteiger partial charge in [-0.05, 0) is 25.0 Å². The SMILES string of the molecule is O=C(Nc1ccc2c(c1)OCO2)C1CCCN(c2cc(-c3ccccc3)ncn2)C1. The van der Waals surface area contributed by atoms with Gasteiger partial charge in [0.25, 0.3) is 0 Å². The van der Waals surface area contributed by atoms with Gasteiger partial charge < -0.3 is 19.7 Å². The van der Waals surface area contributed by atoms with Gasteiger partial charge in [0.05, 0.1) is 11.6 Å². The fraction of sp³-hybridized carbons (Fsp3) is 0.261. The lowest BCUT2D eigenvalue weighted by Crippen LogP contribution is -2.41. The van der Waals surface area contributed by atoms with Crippen molar-refractivity contribution >= 4 is 17.4 Å². The van der Waals surface area contributed by atoms with Gasteiger partial charge in [-0.1, -0.05) is 30.3 Å². The molecule has 1 fully saturated rings. The Bertz CT molecular complexity index is 1060. The third-order valence-electron chi connectivity index (χ3n) is 5.48. The largest absolute Gasteiger partial charge is 0.454 e. The molecule has 2 aromatic carbocycles. The first-order valence-corrected chi connectivity index (χ1v) is 10.1. The van der Waals surface area contributed by atoms with Crippen LogP contribution in [-0.4, -0.2) is 35.8 Å². The molecule has 0 radical (unpaired) electrons. The Morgan fingerprint density at radius 3 is 2.80 bits per heavy atom. The zero-order chi connectivity index (χ0) is 20.3. The van der Waals surface area contributed by atoms with E-state index in [0.717, 1.165) is 42.1 Å². The van der Waals surface area contributed by atoms with Crippen LogP contribution < -0.4 is 19.7 Å². The smallest absolute Gasteiger partial charge is 0.231 e. The lowest BCUT2D eigenvalue weighted by molar-refractivity contribution is -0.120. The van der Waals surface area contributed by atoms with Gasteiger partial charge in [-0.25, -0.2) is 9.97 Å². The zero-order valence-corrected chi connectivity index (χ0v) is 16.5. The number of ether oxygens (including phenoxy) is 2. The van der Waals surface area contributed by atoms with Crippen LogP contribution in [0.1, 0.15) is 12.8 Å². The molecule has 7 nitrogen and oxygen atoms in total. The Morgan fingerprint density at radius 1 is 1.03 bits per heavy atom. The van der Waals surface area contributed by atoms with Crippen molar-refractivity contribution in [1.82, 2.24) is 9.97 Å². The monoisotopic (exact) mass is 402 g/mol. The molecular formula is C23H22N4O3. The number of anilines is 2. The van der Waals surface area contributed by atoms with Crippen LogP contribution >= 0.6 is 0 Å². The second-order valence-electron chi connectivity index (χ2n) is 7.47. The molecule has 30 heavy (non-hydrogen) atoms. The number of benzene rings is 2. The van der Waals surface area contributed by atoms with Gasteiger partial charge in [0.2, 0.25) is 12.7 Å². The van der Waals surface area contributed by atoms with E-state index < -0.39 is 0 Å². The molecule has 0 bridgehead atoms. The Balaban J connectivity index is 1.28. The maximum atomic E-state index is 12.9. The maximum absolute atomic E-state index is 12.9. The summed E-state index contributed by atoms with van der Waals surface area (Å²) in [6.07, 6.45) is 3.38.